The number of sulfonamides is 1. The van der Waals surface area contributed by atoms with Gasteiger partial charge in [0.2, 0.25) is 15.6 Å². The summed E-state index contributed by atoms with van der Waals surface area (Å²) in [7, 11) is -3.56. The average Bonchev–Trinajstić information content (AvgIpc) is 2.79. The maximum Gasteiger partial charge on any atom is 0.248 e. The van der Waals surface area contributed by atoms with Crippen LogP contribution in [-0.4, -0.2) is 48.8 Å². The van der Waals surface area contributed by atoms with Crippen LogP contribution in [0.5, 0.6) is 0 Å². The predicted octanol–water partition coefficient (Wildman–Crippen LogP) is 2.99. The van der Waals surface area contributed by atoms with Crippen LogP contribution in [0.15, 0.2) is 64.3 Å². The summed E-state index contributed by atoms with van der Waals surface area (Å²) in [6.45, 7) is 4.03. The molecule has 0 aliphatic carbocycles. The van der Waals surface area contributed by atoms with Crippen LogP contribution >= 0.6 is 0 Å². The van der Waals surface area contributed by atoms with Crippen molar-refractivity contribution in [3.05, 3.63) is 76.1 Å². The first-order chi connectivity index (χ1) is 15.0. The van der Waals surface area contributed by atoms with E-state index in [1.807, 2.05) is 0 Å². The molecule has 2 aromatic carbocycles. The number of fused-ring (bicyclic) bond motifs is 2. The number of nitrogens with one attached hydrogen (secondary N) is 1. The Balaban J connectivity index is 1.30. The lowest BCUT2D eigenvalue weighted by Gasteiger charge is -2.36. The van der Waals surface area contributed by atoms with Crippen LogP contribution in [0, 0.1) is 5.92 Å². The van der Waals surface area contributed by atoms with Crippen molar-refractivity contribution in [1.29, 1.82) is 0 Å². The summed E-state index contributed by atoms with van der Waals surface area (Å²) in [6, 6.07) is 16.6. The summed E-state index contributed by atoms with van der Waals surface area (Å²) < 4.78 is 28.3. The number of hydrogen-bond acceptors (Lipinski definition) is 4. The van der Waals surface area contributed by atoms with Crippen molar-refractivity contribution in [2.75, 3.05) is 26.2 Å². The Morgan fingerprint density at radius 3 is 2.71 bits per heavy atom. The standard InChI is InChI=1S/C24H27N3O3S/c28-24-10-7-20-14-22(8-9-23(20)25-24)31(29,30)27-12-3-4-18(16-27)15-26-13-11-19-5-1-2-6-21(19)17-26/h1-2,5-10,14,18H,3-4,11-13,15-17H2,(H,25,28). The van der Waals surface area contributed by atoms with Crippen molar-refractivity contribution in [1.82, 2.24) is 14.2 Å². The van der Waals surface area contributed by atoms with Gasteiger partial charge in [-0.1, -0.05) is 24.3 Å². The highest BCUT2D eigenvalue weighted by Gasteiger charge is 2.31. The summed E-state index contributed by atoms with van der Waals surface area (Å²) in [5.74, 6) is 0.339. The zero-order valence-corrected chi connectivity index (χ0v) is 18.3. The highest BCUT2D eigenvalue weighted by molar-refractivity contribution is 7.89. The van der Waals surface area contributed by atoms with E-state index in [0.717, 1.165) is 44.3 Å². The van der Waals surface area contributed by atoms with E-state index >= 15 is 0 Å². The van der Waals surface area contributed by atoms with Crippen molar-refractivity contribution in [3.63, 3.8) is 0 Å². The SMILES string of the molecule is O=c1ccc2cc(S(=O)(=O)N3CCCC(CN4CCc5ccccc5C4)C3)ccc2[nH]1. The molecule has 1 N–H and O–H groups in total. The maximum atomic E-state index is 13.3. The molecule has 1 aromatic heterocycles. The zero-order valence-electron chi connectivity index (χ0n) is 17.5. The molecular weight excluding hydrogens is 410 g/mol. The third-order valence-corrected chi connectivity index (χ3v) is 8.40. The monoisotopic (exact) mass is 437 g/mol. The molecule has 1 fully saturated rings. The quantitative estimate of drug-likeness (QED) is 0.681. The van der Waals surface area contributed by atoms with Crippen molar-refractivity contribution < 1.29 is 8.42 Å². The van der Waals surface area contributed by atoms with E-state index < -0.39 is 10.0 Å². The predicted molar refractivity (Wildman–Crippen MR) is 121 cm³/mol. The van der Waals surface area contributed by atoms with Crippen molar-refractivity contribution in [3.8, 4) is 0 Å². The molecule has 0 radical (unpaired) electrons. The van der Waals surface area contributed by atoms with E-state index in [2.05, 4.69) is 34.1 Å². The number of benzene rings is 2. The molecule has 0 bridgehead atoms. The fourth-order valence-corrected chi connectivity index (χ4v) is 6.50. The lowest BCUT2D eigenvalue weighted by atomic mass is 9.95. The Morgan fingerprint density at radius 1 is 1.00 bits per heavy atom. The molecule has 2 aliphatic rings. The van der Waals surface area contributed by atoms with E-state index in [1.54, 1.807) is 28.6 Å². The van der Waals surface area contributed by atoms with Gasteiger partial charge in [0.05, 0.1) is 4.90 Å². The van der Waals surface area contributed by atoms with Crippen LogP contribution in [0.3, 0.4) is 0 Å². The van der Waals surface area contributed by atoms with Crippen LogP contribution in [0.4, 0.5) is 0 Å². The lowest BCUT2D eigenvalue weighted by Crippen LogP contribution is -2.44. The molecule has 5 rings (SSSR count). The second-order valence-electron chi connectivity index (χ2n) is 8.70. The van der Waals surface area contributed by atoms with Gasteiger partial charge in [0.15, 0.2) is 0 Å². The first kappa shape index (κ1) is 20.4. The summed E-state index contributed by atoms with van der Waals surface area (Å²) in [5.41, 5.74) is 3.28. The Kier molecular flexibility index (Phi) is 5.42. The second-order valence-corrected chi connectivity index (χ2v) is 10.6. The summed E-state index contributed by atoms with van der Waals surface area (Å²) in [6.07, 6.45) is 3.00. The third kappa shape index (κ3) is 4.18. The van der Waals surface area contributed by atoms with Gasteiger partial charge < -0.3 is 4.98 Å². The minimum absolute atomic E-state index is 0.192. The molecule has 162 valence electrons. The first-order valence-electron chi connectivity index (χ1n) is 10.9. The van der Waals surface area contributed by atoms with Crippen molar-refractivity contribution >= 4 is 20.9 Å². The molecule has 0 spiro atoms. The van der Waals surface area contributed by atoms with E-state index in [0.29, 0.717) is 29.4 Å². The van der Waals surface area contributed by atoms with E-state index in [-0.39, 0.29) is 5.56 Å². The van der Waals surface area contributed by atoms with Gasteiger partial charge in [-0.2, -0.15) is 4.31 Å². The zero-order chi connectivity index (χ0) is 21.4. The number of nitrogens with zero attached hydrogens (tertiary/aromatic N) is 2. The van der Waals surface area contributed by atoms with Gasteiger partial charge in [-0.3, -0.25) is 9.69 Å². The summed E-state index contributed by atoms with van der Waals surface area (Å²) >= 11 is 0. The van der Waals surface area contributed by atoms with Crippen LogP contribution in [0.2, 0.25) is 0 Å². The average molecular weight is 438 g/mol. The first-order valence-corrected chi connectivity index (χ1v) is 12.4. The Morgan fingerprint density at radius 2 is 1.84 bits per heavy atom. The molecule has 1 atom stereocenters. The van der Waals surface area contributed by atoms with E-state index in [4.69, 9.17) is 0 Å². The number of aromatic nitrogens is 1. The molecule has 3 aromatic rings. The molecular formula is C24H27N3O3S. The molecule has 1 unspecified atom stereocenters. The number of hydrogen-bond donors (Lipinski definition) is 1. The van der Waals surface area contributed by atoms with Crippen LogP contribution in [-0.2, 0) is 23.0 Å². The number of rotatable bonds is 4. The van der Waals surface area contributed by atoms with E-state index in [9.17, 15) is 13.2 Å². The molecule has 0 amide bonds. The van der Waals surface area contributed by atoms with Crippen LogP contribution in [0.25, 0.3) is 10.9 Å². The second kappa shape index (κ2) is 8.22. The number of piperidine rings is 1. The van der Waals surface area contributed by atoms with Crippen LogP contribution < -0.4 is 5.56 Å². The molecule has 2 aliphatic heterocycles. The molecule has 6 nitrogen and oxygen atoms in total. The summed E-state index contributed by atoms with van der Waals surface area (Å²) in [4.78, 5) is 17.0. The normalized spacial score (nSPS) is 20.6. The minimum Gasteiger partial charge on any atom is -0.322 e. The highest BCUT2D eigenvalue weighted by Crippen LogP contribution is 2.27. The molecule has 1 saturated heterocycles. The molecule has 7 heteroatoms. The van der Waals surface area contributed by atoms with Gasteiger partial charge in [-0.05, 0) is 66.0 Å². The van der Waals surface area contributed by atoms with Gasteiger partial charge in [-0.25, -0.2) is 8.42 Å². The molecule has 0 saturated carbocycles. The van der Waals surface area contributed by atoms with Gasteiger partial charge in [0, 0.05) is 44.3 Å². The fraction of sp³-hybridized carbons (Fsp3) is 0.375. The Bertz CT molecular complexity index is 1270. The van der Waals surface area contributed by atoms with Gasteiger partial charge in [0.25, 0.3) is 0 Å². The third-order valence-electron chi connectivity index (χ3n) is 6.54. The smallest absolute Gasteiger partial charge is 0.248 e. The summed E-state index contributed by atoms with van der Waals surface area (Å²) in [5, 5.41) is 0.723. The molecule has 3 heterocycles. The molecule has 31 heavy (non-hydrogen) atoms. The lowest BCUT2D eigenvalue weighted by molar-refractivity contribution is 0.167. The largest absolute Gasteiger partial charge is 0.322 e. The Hall–Kier alpha value is -2.48. The number of pyridine rings is 1. The van der Waals surface area contributed by atoms with Crippen LogP contribution in [0.1, 0.15) is 24.0 Å². The van der Waals surface area contributed by atoms with Gasteiger partial charge >= 0.3 is 0 Å². The Labute approximate surface area is 182 Å². The van der Waals surface area contributed by atoms with Gasteiger partial charge in [0.1, 0.15) is 0 Å². The topological polar surface area (TPSA) is 73.5 Å². The maximum absolute atomic E-state index is 13.3. The fourth-order valence-electron chi connectivity index (χ4n) is 4.91. The number of H-pyrrole nitrogens is 1. The number of aromatic amines is 1. The van der Waals surface area contributed by atoms with Crippen molar-refractivity contribution in [2.45, 2.75) is 30.7 Å². The van der Waals surface area contributed by atoms with E-state index in [1.165, 1.54) is 17.2 Å². The highest BCUT2D eigenvalue weighted by atomic mass is 32.2. The minimum atomic E-state index is -3.56. The van der Waals surface area contributed by atoms with Crippen molar-refractivity contribution in [2.24, 2.45) is 5.92 Å². The van der Waals surface area contributed by atoms with Gasteiger partial charge in [-0.15, -0.1) is 0 Å².